The van der Waals surface area contributed by atoms with Crippen LogP contribution in [-0.2, 0) is 14.9 Å². The highest BCUT2D eigenvalue weighted by molar-refractivity contribution is 14.0. The molecule has 1 aromatic carbocycles. The fourth-order valence-electron chi connectivity index (χ4n) is 3.38. The van der Waals surface area contributed by atoms with Crippen molar-refractivity contribution in [3.8, 4) is 0 Å². The topological polar surface area (TPSA) is 46.1 Å². The van der Waals surface area contributed by atoms with E-state index in [4.69, 9.17) is 14.5 Å². The zero-order chi connectivity index (χ0) is 20.4. The second-order valence-corrected chi connectivity index (χ2v) is 7.96. The SMILES string of the molecule is CCNC(=NCC(C)(C)c1ccc(F)cc1)N1CCC(OCCCOC)CC1.I. The van der Waals surface area contributed by atoms with Crippen LogP contribution in [0.15, 0.2) is 29.3 Å². The number of aliphatic imine (C=N–C) groups is 1. The van der Waals surface area contributed by atoms with Crippen LogP contribution in [0.25, 0.3) is 0 Å². The molecule has 0 atom stereocenters. The summed E-state index contributed by atoms with van der Waals surface area (Å²) in [5.74, 6) is 0.749. The minimum absolute atomic E-state index is 0. The van der Waals surface area contributed by atoms with Crippen molar-refractivity contribution in [1.82, 2.24) is 10.2 Å². The van der Waals surface area contributed by atoms with Crippen molar-refractivity contribution in [1.29, 1.82) is 0 Å². The van der Waals surface area contributed by atoms with Crippen LogP contribution in [0.3, 0.4) is 0 Å². The molecule has 0 amide bonds. The summed E-state index contributed by atoms with van der Waals surface area (Å²) >= 11 is 0. The van der Waals surface area contributed by atoms with Crippen molar-refractivity contribution in [3.05, 3.63) is 35.6 Å². The van der Waals surface area contributed by atoms with Crippen LogP contribution in [-0.4, -0.2) is 63.5 Å². The number of nitrogens with one attached hydrogen (secondary N) is 1. The zero-order valence-corrected chi connectivity index (χ0v) is 20.6. The summed E-state index contributed by atoms with van der Waals surface area (Å²) in [5.41, 5.74) is 0.939. The van der Waals surface area contributed by atoms with Crippen molar-refractivity contribution in [2.45, 2.75) is 51.6 Å². The van der Waals surface area contributed by atoms with Crippen molar-refractivity contribution < 1.29 is 13.9 Å². The van der Waals surface area contributed by atoms with Gasteiger partial charge in [0, 0.05) is 45.4 Å². The molecule has 1 aromatic rings. The van der Waals surface area contributed by atoms with Crippen LogP contribution in [0.1, 0.15) is 45.6 Å². The molecular weight excluding hydrogens is 484 g/mol. The van der Waals surface area contributed by atoms with Crippen LogP contribution >= 0.6 is 24.0 Å². The summed E-state index contributed by atoms with van der Waals surface area (Å²) in [4.78, 5) is 7.22. The average Bonchev–Trinajstić information content (AvgIpc) is 2.69. The Morgan fingerprint density at radius 2 is 1.86 bits per heavy atom. The minimum atomic E-state index is -0.205. The van der Waals surface area contributed by atoms with Crippen molar-refractivity contribution >= 4 is 29.9 Å². The molecule has 5 nitrogen and oxygen atoms in total. The van der Waals surface area contributed by atoms with E-state index in [-0.39, 0.29) is 35.2 Å². The number of hydrogen-bond acceptors (Lipinski definition) is 3. The molecule has 0 aliphatic carbocycles. The molecule has 1 N–H and O–H groups in total. The number of piperidine rings is 1. The third-order valence-corrected chi connectivity index (χ3v) is 5.17. The first kappa shape index (κ1) is 26.1. The van der Waals surface area contributed by atoms with Crippen molar-refractivity contribution in [3.63, 3.8) is 0 Å². The van der Waals surface area contributed by atoms with E-state index < -0.39 is 0 Å². The Bertz CT molecular complexity index is 603. The van der Waals surface area contributed by atoms with Crippen LogP contribution in [0.4, 0.5) is 4.39 Å². The molecule has 1 fully saturated rings. The predicted molar refractivity (Wildman–Crippen MR) is 128 cm³/mol. The maximum Gasteiger partial charge on any atom is 0.193 e. The summed E-state index contributed by atoms with van der Waals surface area (Å²) in [7, 11) is 1.72. The van der Waals surface area contributed by atoms with Gasteiger partial charge in [0.15, 0.2) is 5.96 Å². The maximum absolute atomic E-state index is 13.2. The zero-order valence-electron chi connectivity index (χ0n) is 18.2. The first-order valence-electron chi connectivity index (χ1n) is 10.4. The Morgan fingerprint density at radius 1 is 1.21 bits per heavy atom. The Kier molecular flexibility index (Phi) is 12.1. The summed E-state index contributed by atoms with van der Waals surface area (Å²) in [6.45, 7) is 11.3. The summed E-state index contributed by atoms with van der Waals surface area (Å²) in [6, 6.07) is 6.74. The third-order valence-electron chi connectivity index (χ3n) is 5.17. The van der Waals surface area contributed by atoms with E-state index in [1.807, 2.05) is 12.1 Å². The van der Waals surface area contributed by atoms with Crippen molar-refractivity contribution in [2.24, 2.45) is 4.99 Å². The monoisotopic (exact) mass is 521 g/mol. The van der Waals surface area contributed by atoms with E-state index >= 15 is 0 Å². The third kappa shape index (κ3) is 8.76. The molecule has 0 bridgehead atoms. The molecule has 0 spiro atoms. The van der Waals surface area contributed by atoms with E-state index in [1.54, 1.807) is 7.11 Å². The van der Waals surface area contributed by atoms with Gasteiger partial charge in [-0.3, -0.25) is 4.99 Å². The number of guanidine groups is 1. The smallest absolute Gasteiger partial charge is 0.193 e. The molecule has 1 aliphatic heterocycles. The Hall–Kier alpha value is -0.930. The number of benzene rings is 1. The molecule has 1 aliphatic rings. The van der Waals surface area contributed by atoms with Crippen LogP contribution in [0.2, 0.25) is 0 Å². The van der Waals surface area contributed by atoms with Gasteiger partial charge in [-0.1, -0.05) is 26.0 Å². The minimum Gasteiger partial charge on any atom is -0.385 e. The number of likely N-dealkylation sites (tertiary alicyclic amines) is 1. The number of rotatable bonds is 9. The first-order valence-corrected chi connectivity index (χ1v) is 10.4. The molecule has 0 radical (unpaired) electrons. The number of hydrogen-bond donors (Lipinski definition) is 1. The summed E-state index contributed by atoms with van der Waals surface area (Å²) in [6.07, 6.45) is 3.29. The summed E-state index contributed by atoms with van der Waals surface area (Å²) < 4.78 is 24.2. The predicted octanol–water partition coefficient (Wildman–Crippen LogP) is 4.20. The van der Waals surface area contributed by atoms with Gasteiger partial charge in [0.2, 0.25) is 0 Å². The standard InChI is InChI=1S/C22H36FN3O2.HI/c1-5-24-21(25-17-22(2,3)18-7-9-19(23)10-8-18)26-13-11-20(12-14-26)28-16-6-15-27-4;/h7-10,20H,5-6,11-17H2,1-4H3,(H,24,25);1H. The van der Waals surface area contributed by atoms with E-state index in [2.05, 4.69) is 31.0 Å². The van der Waals surface area contributed by atoms with Gasteiger partial charge in [-0.25, -0.2) is 4.39 Å². The number of ether oxygens (including phenoxy) is 2. The summed E-state index contributed by atoms with van der Waals surface area (Å²) in [5, 5.41) is 3.42. The van der Waals surface area contributed by atoms with Gasteiger partial charge < -0.3 is 19.7 Å². The molecule has 166 valence electrons. The Balaban J connectivity index is 0.00000420. The van der Waals surface area contributed by atoms with Gasteiger partial charge in [-0.15, -0.1) is 24.0 Å². The lowest BCUT2D eigenvalue weighted by Crippen LogP contribution is -2.47. The van der Waals surface area contributed by atoms with E-state index in [1.165, 1.54) is 12.1 Å². The second-order valence-electron chi connectivity index (χ2n) is 7.96. The molecule has 2 rings (SSSR count). The Morgan fingerprint density at radius 3 is 2.45 bits per heavy atom. The lowest BCUT2D eigenvalue weighted by atomic mass is 9.85. The van der Waals surface area contributed by atoms with Gasteiger partial charge in [0.05, 0.1) is 12.6 Å². The molecule has 0 aromatic heterocycles. The van der Waals surface area contributed by atoms with Gasteiger partial charge >= 0.3 is 0 Å². The van der Waals surface area contributed by atoms with Gasteiger partial charge in [0.25, 0.3) is 0 Å². The number of methoxy groups -OCH3 is 1. The van der Waals surface area contributed by atoms with Gasteiger partial charge in [0.1, 0.15) is 5.82 Å². The van der Waals surface area contributed by atoms with Gasteiger partial charge in [-0.2, -0.15) is 0 Å². The highest BCUT2D eigenvalue weighted by Gasteiger charge is 2.24. The first-order chi connectivity index (χ1) is 13.5. The largest absolute Gasteiger partial charge is 0.385 e. The highest BCUT2D eigenvalue weighted by atomic mass is 127. The van der Waals surface area contributed by atoms with Gasteiger partial charge in [-0.05, 0) is 43.9 Å². The van der Waals surface area contributed by atoms with E-state index in [0.29, 0.717) is 12.6 Å². The van der Waals surface area contributed by atoms with E-state index in [9.17, 15) is 4.39 Å². The number of halogens is 2. The molecule has 0 unspecified atom stereocenters. The maximum atomic E-state index is 13.2. The lowest BCUT2D eigenvalue weighted by Gasteiger charge is -2.35. The Labute approximate surface area is 192 Å². The fraction of sp³-hybridized carbons (Fsp3) is 0.682. The lowest BCUT2D eigenvalue weighted by molar-refractivity contribution is 0.00989. The molecular formula is C22H37FIN3O2. The highest BCUT2D eigenvalue weighted by Crippen LogP contribution is 2.24. The second kappa shape index (κ2) is 13.4. The number of nitrogens with zero attached hydrogens (tertiary/aromatic N) is 2. The van der Waals surface area contributed by atoms with Crippen molar-refractivity contribution in [2.75, 3.05) is 46.5 Å². The molecule has 29 heavy (non-hydrogen) atoms. The molecule has 0 saturated carbocycles. The normalized spacial score (nSPS) is 15.9. The average molecular weight is 521 g/mol. The molecule has 1 heterocycles. The fourth-order valence-corrected chi connectivity index (χ4v) is 3.38. The molecule has 7 heteroatoms. The van der Waals surface area contributed by atoms with Crippen LogP contribution < -0.4 is 5.32 Å². The van der Waals surface area contributed by atoms with Crippen LogP contribution in [0, 0.1) is 5.82 Å². The quantitative estimate of drug-likeness (QED) is 0.229. The van der Waals surface area contributed by atoms with Crippen LogP contribution in [0.5, 0.6) is 0 Å². The molecule has 1 saturated heterocycles. The van der Waals surface area contributed by atoms with E-state index in [0.717, 1.165) is 63.6 Å².